The van der Waals surface area contributed by atoms with Crippen LogP contribution in [0.4, 0.5) is 0 Å². The number of likely N-dealkylation sites (tertiary alicyclic amines) is 1. The van der Waals surface area contributed by atoms with Gasteiger partial charge in [-0.15, -0.1) is 0 Å². The van der Waals surface area contributed by atoms with Crippen LogP contribution < -0.4 is 10.1 Å². The minimum absolute atomic E-state index is 0.0724. The second kappa shape index (κ2) is 10.9. The van der Waals surface area contributed by atoms with E-state index in [-0.39, 0.29) is 5.91 Å². The van der Waals surface area contributed by atoms with Crippen LogP contribution in [0.2, 0.25) is 0 Å². The quantitative estimate of drug-likeness (QED) is 0.656. The smallest absolute Gasteiger partial charge is 0.220 e. The van der Waals surface area contributed by atoms with Crippen molar-refractivity contribution in [3.05, 3.63) is 65.7 Å². The lowest BCUT2D eigenvalue weighted by molar-refractivity contribution is -0.121. The first-order valence-corrected chi connectivity index (χ1v) is 10.4. The van der Waals surface area contributed by atoms with Crippen molar-refractivity contribution in [3.8, 4) is 5.75 Å². The molecular formula is C24H32N2O2. The van der Waals surface area contributed by atoms with Gasteiger partial charge in [0, 0.05) is 19.5 Å². The summed E-state index contributed by atoms with van der Waals surface area (Å²) < 4.78 is 5.62. The van der Waals surface area contributed by atoms with E-state index in [4.69, 9.17) is 4.74 Å². The summed E-state index contributed by atoms with van der Waals surface area (Å²) in [6.45, 7) is 6.92. The van der Waals surface area contributed by atoms with E-state index in [1.807, 2.05) is 30.3 Å². The molecule has 0 aromatic heterocycles. The van der Waals surface area contributed by atoms with Gasteiger partial charge in [-0.05, 0) is 61.5 Å². The second-order valence-electron chi connectivity index (χ2n) is 7.82. The minimum Gasteiger partial charge on any atom is -0.494 e. The lowest BCUT2D eigenvalue weighted by atomic mass is 9.99. The fourth-order valence-electron chi connectivity index (χ4n) is 3.47. The maximum absolute atomic E-state index is 12.0. The van der Waals surface area contributed by atoms with Gasteiger partial charge in [-0.25, -0.2) is 0 Å². The topological polar surface area (TPSA) is 41.6 Å². The number of hydrogen-bond donors (Lipinski definition) is 1. The van der Waals surface area contributed by atoms with Crippen molar-refractivity contribution in [2.45, 2.75) is 45.7 Å². The molecule has 0 radical (unpaired) electrons. The largest absolute Gasteiger partial charge is 0.494 e. The van der Waals surface area contributed by atoms with Crippen LogP contribution in [0.25, 0.3) is 0 Å². The molecule has 1 N–H and O–H groups in total. The molecule has 1 fully saturated rings. The average molecular weight is 381 g/mol. The van der Waals surface area contributed by atoms with E-state index in [9.17, 15) is 4.79 Å². The first-order valence-electron chi connectivity index (χ1n) is 10.4. The molecule has 28 heavy (non-hydrogen) atoms. The number of benzene rings is 2. The van der Waals surface area contributed by atoms with Gasteiger partial charge in [0.1, 0.15) is 5.75 Å². The van der Waals surface area contributed by atoms with Crippen LogP contribution in [0.5, 0.6) is 5.75 Å². The van der Waals surface area contributed by atoms with Gasteiger partial charge in [0.15, 0.2) is 0 Å². The Hall–Kier alpha value is -2.33. The molecule has 0 aliphatic carbocycles. The number of rotatable bonds is 9. The van der Waals surface area contributed by atoms with Crippen LogP contribution in [0.15, 0.2) is 54.6 Å². The van der Waals surface area contributed by atoms with Gasteiger partial charge in [-0.1, -0.05) is 49.4 Å². The van der Waals surface area contributed by atoms with Gasteiger partial charge in [0.25, 0.3) is 0 Å². The lowest BCUT2D eigenvalue weighted by Gasteiger charge is -2.30. The highest BCUT2D eigenvalue weighted by Gasteiger charge is 2.15. The minimum atomic E-state index is 0.0724. The van der Waals surface area contributed by atoms with E-state index < -0.39 is 0 Å². The normalized spacial score (nSPS) is 15.3. The zero-order chi connectivity index (χ0) is 19.6. The summed E-state index contributed by atoms with van der Waals surface area (Å²) in [5, 5.41) is 3.00. The summed E-state index contributed by atoms with van der Waals surface area (Å²) >= 11 is 0. The molecule has 1 amide bonds. The van der Waals surface area contributed by atoms with Crippen LogP contribution in [0.3, 0.4) is 0 Å². The number of hydrogen-bond acceptors (Lipinski definition) is 3. The highest BCUT2D eigenvalue weighted by Crippen LogP contribution is 2.18. The Labute approximate surface area is 168 Å². The standard InChI is InChI=1S/C24H32N2O2/c1-20-13-15-26(16-14-20)19-22-11-9-21(10-12-22)18-25-24(27)8-5-17-28-23-6-3-2-4-7-23/h2-4,6-7,9-12,20H,5,8,13-19H2,1H3,(H,25,27). The third-order valence-corrected chi connectivity index (χ3v) is 5.36. The molecule has 0 atom stereocenters. The molecule has 150 valence electrons. The van der Waals surface area contributed by atoms with E-state index in [1.54, 1.807) is 0 Å². The van der Waals surface area contributed by atoms with E-state index in [0.717, 1.165) is 23.8 Å². The monoisotopic (exact) mass is 380 g/mol. The molecule has 1 aliphatic rings. The first-order chi connectivity index (χ1) is 13.7. The van der Waals surface area contributed by atoms with Crippen LogP contribution in [-0.2, 0) is 17.9 Å². The van der Waals surface area contributed by atoms with Crippen molar-refractivity contribution in [2.24, 2.45) is 5.92 Å². The van der Waals surface area contributed by atoms with E-state index >= 15 is 0 Å². The molecule has 1 heterocycles. The third kappa shape index (κ3) is 7.01. The van der Waals surface area contributed by atoms with Crippen LogP contribution >= 0.6 is 0 Å². The number of carbonyl (C=O) groups excluding carboxylic acids is 1. The van der Waals surface area contributed by atoms with Gasteiger partial charge >= 0.3 is 0 Å². The molecule has 0 saturated carbocycles. The van der Waals surface area contributed by atoms with Crippen molar-refractivity contribution in [3.63, 3.8) is 0 Å². The molecule has 2 aromatic rings. The Morgan fingerprint density at radius 1 is 1.04 bits per heavy atom. The molecule has 3 rings (SSSR count). The number of piperidine rings is 1. The maximum atomic E-state index is 12.0. The predicted octanol–water partition coefficient (Wildman–Crippen LogP) is 4.39. The fraction of sp³-hybridized carbons (Fsp3) is 0.458. The number of carbonyl (C=O) groups is 1. The van der Waals surface area contributed by atoms with E-state index in [0.29, 0.717) is 26.0 Å². The van der Waals surface area contributed by atoms with Crippen molar-refractivity contribution in [2.75, 3.05) is 19.7 Å². The Morgan fingerprint density at radius 2 is 1.71 bits per heavy atom. The van der Waals surface area contributed by atoms with Crippen molar-refractivity contribution in [1.82, 2.24) is 10.2 Å². The summed E-state index contributed by atoms with van der Waals surface area (Å²) in [7, 11) is 0. The fourth-order valence-corrected chi connectivity index (χ4v) is 3.47. The van der Waals surface area contributed by atoms with Gasteiger partial charge in [-0.3, -0.25) is 9.69 Å². The van der Waals surface area contributed by atoms with Gasteiger partial charge in [-0.2, -0.15) is 0 Å². The predicted molar refractivity (Wildman–Crippen MR) is 113 cm³/mol. The van der Waals surface area contributed by atoms with Gasteiger partial charge in [0.05, 0.1) is 6.61 Å². The van der Waals surface area contributed by atoms with Crippen molar-refractivity contribution >= 4 is 5.91 Å². The molecule has 0 spiro atoms. The zero-order valence-electron chi connectivity index (χ0n) is 16.9. The molecule has 1 aliphatic heterocycles. The van der Waals surface area contributed by atoms with Gasteiger partial charge in [0.2, 0.25) is 5.91 Å². The summed E-state index contributed by atoms with van der Waals surface area (Å²) in [6, 6.07) is 18.3. The number of nitrogens with one attached hydrogen (secondary N) is 1. The number of ether oxygens (including phenoxy) is 1. The summed E-state index contributed by atoms with van der Waals surface area (Å²) in [5.41, 5.74) is 2.49. The molecular weight excluding hydrogens is 348 g/mol. The molecule has 4 nitrogen and oxygen atoms in total. The highest BCUT2D eigenvalue weighted by molar-refractivity contribution is 5.75. The van der Waals surface area contributed by atoms with Crippen LogP contribution in [0.1, 0.15) is 43.7 Å². The third-order valence-electron chi connectivity index (χ3n) is 5.36. The second-order valence-corrected chi connectivity index (χ2v) is 7.82. The Bertz CT molecular complexity index is 707. The number of para-hydroxylation sites is 1. The lowest BCUT2D eigenvalue weighted by Crippen LogP contribution is -2.32. The molecule has 4 heteroatoms. The van der Waals surface area contributed by atoms with E-state index in [1.165, 1.54) is 31.5 Å². The summed E-state index contributed by atoms with van der Waals surface area (Å²) in [4.78, 5) is 14.5. The zero-order valence-corrected chi connectivity index (χ0v) is 16.9. The molecule has 1 saturated heterocycles. The Morgan fingerprint density at radius 3 is 2.43 bits per heavy atom. The van der Waals surface area contributed by atoms with Crippen LogP contribution in [-0.4, -0.2) is 30.5 Å². The molecule has 0 unspecified atom stereocenters. The van der Waals surface area contributed by atoms with E-state index in [2.05, 4.69) is 41.4 Å². The summed E-state index contributed by atoms with van der Waals surface area (Å²) in [6.07, 6.45) is 3.81. The Balaban J connectivity index is 1.31. The molecule has 0 bridgehead atoms. The SMILES string of the molecule is CC1CCN(Cc2ccc(CNC(=O)CCCOc3ccccc3)cc2)CC1. The highest BCUT2D eigenvalue weighted by atomic mass is 16.5. The van der Waals surface area contributed by atoms with Crippen molar-refractivity contribution < 1.29 is 9.53 Å². The maximum Gasteiger partial charge on any atom is 0.220 e. The summed E-state index contributed by atoms with van der Waals surface area (Å²) in [5.74, 6) is 1.79. The first kappa shape index (κ1) is 20.4. The van der Waals surface area contributed by atoms with Crippen molar-refractivity contribution in [1.29, 1.82) is 0 Å². The number of nitrogens with zero attached hydrogens (tertiary/aromatic N) is 1. The van der Waals surface area contributed by atoms with Gasteiger partial charge < -0.3 is 10.1 Å². The number of amides is 1. The average Bonchev–Trinajstić information content (AvgIpc) is 2.73. The van der Waals surface area contributed by atoms with Crippen LogP contribution in [0, 0.1) is 5.92 Å². The Kier molecular flexibility index (Phi) is 7.92. The molecule has 2 aromatic carbocycles.